The van der Waals surface area contributed by atoms with E-state index < -0.39 is 23.6 Å². The van der Waals surface area contributed by atoms with Crippen LogP contribution in [0.3, 0.4) is 0 Å². The molecular weight excluding hydrogens is 214 g/mol. The lowest BCUT2D eigenvalue weighted by Crippen LogP contribution is -2.32. The average Bonchev–Trinajstić information content (AvgIpc) is 2.28. The van der Waals surface area contributed by atoms with Crippen molar-refractivity contribution in [1.29, 1.82) is 0 Å². The number of H-pyrrole nitrogens is 1. The summed E-state index contributed by atoms with van der Waals surface area (Å²) >= 11 is 0. The number of aromatic nitrogens is 1. The van der Waals surface area contributed by atoms with Crippen LogP contribution in [0.25, 0.3) is 0 Å². The molecule has 1 aromatic heterocycles. The fourth-order valence-corrected chi connectivity index (χ4v) is 1.19. The maximum Gasteiger partial charge on any atom is 0.338 e. The minimum absolute atomic E-state index is 0.0805. The molecule has 0 amide bonds. The molecule has 0 radical (unpaired) electrons. The first-order valence-electron chi connectivity index (χ1n) is 4.77. The predicted molar refractivity (Wildman–Crippen MR) is 54.7 cm³/mol. The number of ether oxygens (including phenoxy) is 1. The molecule has 6 heteroatoms. The topological polar surface area (TPSA) is 99.6 Å². The average molecular weight is 227 g/mol. The highest BCUT2D eigenvalue weighted by Gasteiger charge is 2.28. The van der Waals surface area contributed by atoms with E-state index in [0.29, 0.717) is 0 Å². The monoisotopic (exact) mass is 227 g/mol. The number of nitrogens with one attached hydrogen (secondary N) is 1. The third-order valence-electron chi connectivity index (χ3n) is 2.00. The van der Waals surface area contributed by atoms with Gasteiger partial charge in [-0.25, -0.2) is 4.79 Å². The zero-order valence-corrected chi connectivity index (χ0v) is 8.71. The Morgan fingerprint density at radius 1 is 1.56 bits per heavy atom. The minimum atomic E-state index is -1.76. The number of aliphatic hydroxyl groups excluding tert-OH is 2. The number of aliphatic hydroxyl groups is 2. The van der Waals surface area contributed by atoms with E-state index in [0.717, 1.165) is 0 Å². The molecular formula is C10H13NO5. The van der Waals surface area contributed by atoms with Gasteiger partial charge >= 0.3 is 5.97 Å². The number of hydrogen-bond acceptors (Lipinski definition) is 5. The highest BCUT2D eigenvalue weighted by Crippen LogP contribution is 2.13. The summed E-state index contributed by atoms with van der Waals surface area (Å²) in [5, 5.41) is 19.0. The van der Waals surface area contributed by atoms with E-state index in [1.807, 2.05) is 0 Å². The molecule has 0 spiro atoms. The number of carbonyl (C=O) groups is 1. The predicted octanol–water partition coefficient (Wildman–Crippen LogP) is -0.668. The smallest absolute Gasteiger partial charge is 0.338 e. The van der Waals surface area contributed by atoms with Crippen LogP contribution in [-0.4, -0.2) is 33.9 Å². The molecule has 0 aliphatic carbocycles. The summed E-state index contributed by atoms with van der Waals surface area (Å²) in [5.74, 6) is -0.960. The number of pyridine rings is 1. The molecule has 0 fully saturated rings. The summed E-state index contributed by atoms with van der Waals surface area (Å²) in [6.07, 6.45) is -0.738. The standard InChI is InChI=1S/C10H13NO5/c1-2-16-10(15)9(14)8(13)6-5-11-4-3-7(6)12/h3-5,8-9,13-14H,2H2,1H3,(H,11,12). The van der Waals surface area contributed by atoms with Gasteiger partial charge in [0.05, 0.1) is 6.61 Å². The van der Waals surface area contributed by atoms with Crippen molar-refractivity contribution in [3.63, 3.8) is 0 Å². The molecule has 6 nitrogen and oxygen atoms in total. The molecule has 1 rings (SSSR count). The summed E-state index contributed by atoms with van der Waals surface area (Å²) in [7, 11) is 0. The second-order valence-corrected chi connectivity index (χ2v) is 3.11. The van der Waals surface area contributed by atoms with Gasteiger partial charge in [-0.2, -0.15) is 0 Å². The maximum absolute atomic E-state index is 11.3. The molecule has 0 saturated carbocycles. The van der Waals surface area contributed by atoms with E-state index in [1.54, 1.807) is 6.92 Å². The van der Waals surface area contributed by atoms with Crippen molar-refractivity contribution in [1.82, 2.24) is 4.98 Å². The summed E-state index contributed by atoms with van der Waals surface area (Å²) < 4.78 is 4.52. The molecule has 1 aromatic rings. The van der Waals surface area contributed by atoms with Crippen LogP contribution in [0.4, 0.5) is 0 Å². The molecule has 2 unspecified atom stereocenters. The Bertz CT molecular complexity index is 414. The Kier molecular flexibility index (Phi) is 4.21. The second-order valence-electron chi connectivity index (χ2n) is 3.11. The Morgan fingerprint density at radius 3 is 2.81 bits per heavy atom. The Balaban J connectivity index is 2.86. The normalized spacial score (nSPS) is 14.2. The van der Waals surface area contributed by atoms with Crippen molar-refractivity contribution in [3.8, 4) is 0 Å². The Morgan fingerprint density at radius 2 is 2.25 bits per heavy atom. The van der Waals surface area contributed by atoms with Gasteiger partial charge in [0.25, 0.3) is 0 Å². The molecule has 0 aliphatic heterocycles. The van der Waals surface area contributed by atoms with Crippen LogP contribution >= 0.6 is 0 Å². The summed E-state index contributed by atoms with van der Waals surface area (Å²) in [5.41, 5.74) is -0.544. The second kappa shape index (κ2) is 5.43. The van der Waals surface area contributed by atoms with E-state index in [1.165, 1.54) is 18.5 Å². The Hall–Kier alpha value is -1.66. The van der Waals surface area contributed by atoms with Crippen molar-refractivity contribution in [2.75, 3.05) is 6.61 Å². The van der Waals surface area contributed by atoms with Crippen LogP contribution in [0.2, 0.25) is 0 Å². The van der Waals surface area contributed by atoms with Gasteiger partial charge in [-0.15, -0.1) is 0 Å². The SMILES string of the molecule is CCOC(=O)C(O)C(O)c1c[nH]ccc1=O. The van der Waals surface area contributed by atoms with Crippen molar-refractivity contribution < 1.29 is 19.7 Å². The van der Waals surface area contributed by atoms with Crippen molar-refractivity contribution in [3.05, 3.63) is 34.2 Å². The third-order valence-corrected chi connectivity index (χ3v) is 2.00. The van der Waals surface area contributed by atoms with Crippen LogP contribution in [0.5, 0.6) is 0 Å². The first kappa shape index (κ1) is 12.4. The lowest BCUT2D eigenvalue weighted by Gasteiger charge is -2.15. The van der Waals surface area contributed by atoms with E-state index in [2.05, 4.69) is 9.72 Å². The lowest BCUT2D eigenvalue weighted by atomic mass is 10.1. The van der Waals surface area contributed by atoms with Gasteiger partial charge in [0.2, 0.25) is 0 Å². The maximum atomic E-state index is 11.3. The molecule has 2 atom stereocenters. The largest absolute Gasteiger partial charge is 0.464 e. The van der Waals surface area contributed by atoms with Crippen LogP contribution in [-0.2, 0) is 9.53 Å². The van der Waals surface area contributed by atoms with E-state index in [9.17, 15) is 19.8 Å². The third kappa shape index (κ3) is 2.68. The Labute approximate surface area is 91.5 Å². The highest BCUT2D eigenvalue weighted by molar-refractivity contribution is 5.75. The number of carbonyl (C=O) groups excluding carboxylic acids is 1. The van der Waals surface area contributed by atoms with Crippen LogP contribution in [0.15, 0.2) is 23.3 Å². The van der Waals surface area contributed by atoms with Crippen molar-refractivity contribution >= 4 is 5.97 Å². The quantitative estimate of drug-likeness (QED) is 0.592. The van der Waals surface area contributed by atoms with Crippen LogP contribution in [0, 0.1) is 0 Å². The van der Waals surface area contributed by atoms with E-state index >= 15 is 0 Å². The molecule has 0 aliphatic rings. The first-order chi connectivity index (χ1) is 7.57. The molecule has 0 saturated heterocycles. The zero-order chi connectivity index (χ0) is 12.1. The number of rotatable bonds is 4. The molecule has 0 bridgehead atoms. The van der Waals surface area contributed by atoms with Gasteiger partial charge in [0.15, 0.2) is 11.5 Å². The molecule has 1 heterocycles. The van der Waals surface area contributed by atoms with Gasteiger partial charge in [0.1, 0.15) is 6.10 Å². The van der Waals surface area contributed by atoms with Gasteiger partial charge in [0, 0.05) is 24.0 Å². The number of hydrogen-bond donors (Lipinski definition) is 3. The van der Waals surface area contributed by atoms with E-state index in [4.69, 9.17) is 0 Å². The highest BCUT2D eigenvalue weighted by atomic mass is 16.5. The molecule has 0 aromatic carbocycles. The lowest BCUT2D eigenvalue weighted by molar-refractivity contribution is -0.159. The number of aromatic amines is 1. The first-order valence-corrected chi connectivity index (χ1v) is 4.77. The summed E-state index contributed by atoms with van der Waals surface area (Å²) in [6, 6.07) is 1.19. The summed E-state index contributed by atoms with van der Waals surface area (Å²) in [6.45, 7) is 1.67. The molecule has 88 valence electrons. The van der Waals surface area contributed by atoms with Gasteiger partial charge in [-0.3, -0.25) is 4.79 Å². The van der Waals surface area contributed by atoms with E-state index in [-0.39, 0.29) is 12.2 Å². The van der Waals surface area contributed by atoms with Gasteiger partial charge in [-0.1, -0.05) is 0 Å². The summed E-state index contributed by atoms with van der Waals surface area (Å²) in [4.78, 5) is 25.0. The zero-order valence-electron chi connectivity index (χ0n) is 8.71. The van der Waals surface area contributed by atoms with Gasteiger partial charge < -0.3 is 19.9 Å². The fraction of sp³-hybridized carbons (Fsp3) is 0.400. The van der Waals surface area contributed by atoms with Crippen molar-refractivity contribution in [2.45, 2.75) is 19.1 Å². The fourth-order valence-electron chi connectivity index (χ4n) is 1.19. The molecule has 3 N–H and O–H groups in total. The van der Waals surface area contributed by atoms with Crippen LogP contribution in [0.1, 0.15) is 18.6 Å². The van der Waals surface area contributed by atoms with Crippen LogP contribution < -0.4 is 5.43 Å². The molecule has 16 heavy (non-hydrogen) atoms. The van der Waals surface area contributed by atoms with Gasteiger partial charge in [-0.05, 0) is 6.92 Å². The number of esters is 1. The minimum Gasteiger partial charge on any atom is -0.464 e. The van der Waals surface area contributed by atoms with Crippen molar-refractivity contribution in [2.24, 2.45) is 0 Å².